The van der Waals surface area contributed by atoms with Crippen molar-refractivity contribution >= 4 is 17.5 Å². The van der Waals surface area contributed by atoms with Gasteiger partial charge in [0.2, 0.25) is 5.91 Å². The Kier molecular flexibility index (Phi) is 3.87. The highest BCUT2D eigenvalue weighted by Crippen LogP contribution is 2.29. The summed E-state index contributed by atoms with van der Waals surface area (Å²) in [6, 6.07) is 10.0. The number of likely N-dealkylation sites (tertiary alicyclic amines) is 1. The van der Waals surface area contributed by atoms with Gasteiger partial charge in [0.1, 0.15) is 6.04 Å². The van der Waals surface area contributed by atoms with E-state index in [1.54, 1.807) is 10.9 Å². The molecule has 3 heterocycles. The standard InChI is InChI=1S/C17H20N6O2/c18-16(24)14-11-23(20-19-14)13-9-21(10-13)17(25)15-7-4-8-22(15)12-5-2-1-3-6-12/h1-3,5-6,11,13,15H,4,7-10H2,(H2,18,24). The maximum Gasteiger partial charge on any atom is 0.270 e. The van der Waals surface area contributed by atoms with Gasteiger partial charge in [0, 0.05) is 25.3 Å². The summed E-state index contributed by atoms with van der Waals surface area (Å²) in [7, 11) is 0. The van der Waals surface area contributed by atoms with Gasteiger partial charge >= 0.3 is 0 Å². The third kappa shape index (κ3) is 2.84. The number of aromatic nitrogens is 3. The molecule has 0 saturated carbocycles. The molecule has 0 aliphatic carbocycles. The zero-order valence-electron chi connectivity index (χ0n) is 13.8. The summed E-state index contributed by atoms with van der Waals surface area (Å²) in [5.41, 5.74) is 6.43. The summed E-state index contributed by atoms with van der Waals surface area (Å²) in [5, 5.41) is 7.68. The molecule has 2 fully saturated rings. The molecule has 2 saturated heterocycles. The van der Waals surface area contributed by atoms with E-state index in [-0.39, 0.29) is 23.7 Å². The number of benzene rings is 1. The fraction of sp³-hybridized carbons (Fsp3) is 0.412. The van der Waals surface area contributed by atoms with Crippen LogP contribution in [0.4, 0.5) is 5.69 Å². The third-order valence-electron chi connectivity index (χ3n) is 4.94. The average Bonchev–Trinajstić information content (AvgIpc) is 3.24. The van der Waals surface area contributed by atoms with Gasteiger partial charge in [0.15, 0.2) is 5.69 Å². The number of primary amides is 1. The molecule has 1 aromatic heterocycles. The zero-order chi connectivity index (χ0) is 17.4. The summed E-state index contributed by atoms with van der Waals surface area (Å²) < 4.78 is 1.62. The molecule has 1 aromatic carbocycles. The third-order valence-corrected chi connectivity index (χ3v) is 4.94. The van der Waals surface area contributed by atoms with Crippen molar-refractivity contribution in [3.05, 3.63) is 42.2 Å². The predicted molar refractivity (Wildman–Crippen MR) is 91.0 cm³/mol. The number of nitrogens with two attached hydrogens (primary N) is 1. The van der Waals surface area contributed by atoms with Gasteiger partial charge in [-0.1, -0.05) is 23.4 Å². The lowest BCUT2D eigenvalue weighted by Gasteiger charge is -2.41. The number of carbonyl (C=O) groups is 2. The molecule has 25 heavy (non-hydrogen) atoms. The van der Waals surface area contributed by atoms with Crippen LogP contribution in [0.25, 0.3) is 0 Å². The molecule has 2 aromatic rings. The number of anilines is 1. The Labute approximate surface area is 145 Å². The van der Waals surface area contributed by atoms with Crippen LogP contribution in [-0.2, 0) is 4.79 Å². The molecule has 2 aliphatic heterocycles. The van der Waals surface area contributed by atoms with Crippen LogP contribution in [0.2, 0.25) is 0 Å². The highest BCUT2D eigenvalue weighted by molar-refractivity contribution is 5.90. The van der Waals surface area contributed by atoms with E-state index in [0.717, 1.165) is 25.1 Å². The van der Waals surface area contributed by atoms with E-state index in [1.165, 1.54) is 0 Å². The van der Waals surface area contributed by atoms with Crippen molar-refractivity contribution in [2.75, 3.05) is 24.5 Å². The molecule has 130 valence electrons. The number of rotatable bonds is 4. The monoisotopic (exact) mass is 340 g/mol. The fourth-order valence-electron chi connectivity index (χ4n) is 3.53. The lowest BCUT2D eigenvalue weighted by Crippen LogP contribution is -2.56. The summed E-state index contributed by atoms with van der Waals surface area (Å²) in [5.74, 6) is -0.434. The molecule has 2 amide bonds. The second kappa shape index (κ2) is 6.19. The van der Waals surface area contributed by atoms with Crippen molar-refractivity contribution in [1.82, 2.24) is 19.9 Å². The van der Waals surface area contributed by atoms with Crippen molar-refractivity contribution in [1.29, 1.82) is 0 Å². The van der Waals surface area contributed by atoms with E-state index < -0.39 is 5.91 Å². The number of nitrogens with zero attached hydrogens (tertiary/aromatic N) is 5. The van der Waals surface area contributed by atoms with Gasteiger partial charge in [-0.2, -0.15) is 0 Å². The van der Waals surface area contributed by atoms with Crippen molar-refractivity contribution < 1.29 is 9.59 Å². The summed E-state index contributed by atoms with van der Waals surface area (Å²) in [6.45, 7) is 2.07. The Morgan fingerprint density at radius 2 is 1.92 bits per heavy atom. The Balaban J connectivity index is 1.40. The first-order valence-corrected chi connectivity index (χ1v) is 8.45. The van der Waals surface area contributed by atoms with Crippen LogP contribution in [0.1, 0.15) is 29.4 Å². The minimum Gasteiger partial charge on any atom is -0.364 e. The van der Waals surface area contributed by atoms with Crippen molar-refractivity contribution in [2.45, 2.75) is 24.9 Å². The molecular formula is C17H20N6O2. The Bertz CT molecular complexity index is 783. The average molecular weight is 340 g/mol. The van der Waals surface area contributed by atoms with Crippen LogP contribution in [0, 0.1) is 0 Å². The molecular weight excluding hydrogens is 320 g/mol. The highest BCUT2D eigenvalue weighted by Gasteiger charge is 2.40. The van der Waals surface area contributed by atoms with Gasteiger partial charge in [-0.05, 0) is 25.0 Å². The molecule has 2 aliphatic rings. The Hall–Kier alpha value is -2.90. The van der Waals surface area contributed by atoms with E-state index in [9.17, 15) is 9.59 Å². The normalized spacial score (nSPS) is 20.6. The molecule has 4 rings (SSSR count). The number of hydrogen-bond donors (Lipinski definition) is 1. The van der Waals surface area contributed by atoms with Crippen molar-refractivity contribution in [3.8, 4) is 0 Å². The summed E-state index contributed by atoms with van der Waals surface area (Å²) in [6.07, 6.45) is 3.44. The maximum atomic E-state index is 12.9. The van der Waals surface area contributed by atoms with Gasteiger partial charge in [-0.15, -0.1) is 5.10 Å². The summed E-state index contributed by atoms with van der Waals surface area (Å²) >= 11 is 0. The van der Waals surface area contributed by atoms with E-state index in [4.69, 9.17) is 5.73 Å². The quantitative estimate of drug-likeness (QED) is 0.870. The SMILES string of the molecule is NC(=O)c1cn(C2CN(C(=O)C3CCCN3c3ccccc3)C2)nn1. The molecule has 0 bridgehead atoms. The zero-order valence-corrected chi connectivity index (χ0v) is 13.8. The minimum atomic E-state index is -0.594. The van der Waals surface area contributed by atoms with Crippen LogP contribution >= 0.6 is 0 Å². The number of amides is 2. The van der Waals surface area contributed by atoms with E-state index in [0.29, 0.717) is 13.1 Å². The predicted octanol–water partition coefficient (Wildman–Crippen LogP) is 0.429. The van der Waals surface area contributed by atoms with Gasteiger partial charge in [0.25, 0.3) is 5.91 Å². The molecule has 8 nitrogen and oxygen atoms in total. The van der Waals surface area contributed by atoms with Crippen molar-refractivity contribution in [2.24, 2.45) is 5.73 Å². The minimum absolute atomic E-state index is 0.0520. The van der Waals surface area contributed by atoms with E-state index in [2.05, 4.69) is 15.2 Å². The first-order valence-electron chi connectivity index (χ1n) is 8.45. The second-order valence-corrected chi connectivity index (χ2v) is 6.53. The van der Waals surface area contributed by atoms with Gasteiger partial charge < -0.3 is 15.5 Å². The molecule has 2 N–H and O–H groups in total. The van der Waals surface area contributed by atoms with Crippen LogP contribution in [0.3, 0.4) is 0 Å². The smallest absolute Gasteiger partial charge is 0.270 e. The molecule has 0 radical (unpaired) electrons. The Morgan fingerprint density at radius 1 is 1.16 bits per heavy atom. The number of hydrogen-bond acceptors (Lipinski definition) is 5. The fourth-order valence-corrected chi connectivity index (χ4v) is 3.53. The van der Waals surface area contributed by atoms with Gasteiger partial charge in [-0.3, -0.25) is 9.59 Å². The van der Waals surface area contributed by atoms with Gasteiger partial charge in [0.05, 0.1) is 12.2 Å². The van der Waals surface area contributed by atoms with Crippen LogP contribution in [0.5, 0.6) is 0 Å². The molecule has 8 heteroatoms. The lowest BCUT2D eigenvalue weighted by molar-refractivity contribution is -0.138. The van der Waals surface area contributed by atoms with Crippen LogP contribution in [0.15, 0.2) is 36.5 Å². The highest BCUT2D eigenvalue weighted by atomic mass is 16.2. The first kappa shape index (κ1) is 15.6. The number of para-hydroxylation sites is 1. The molecule has 1 unspecified atom stereocenters. The van der Waals surface area contributed by atoms with Gasteiger partial charge in [-0.25, -0.2) is 4.68 Å². The lowest BCUT2D eigenvalue weighted by atomic mass is 10.1. The number of carbonyl (C=O) groups excluding carboxylic acids is 2. The summed E-state index contributed by atoms with van der Waals surface area (Å²) in [4.78, 5) is 28.0. The van der Waals surface area contributed by atoms with Crippen LogP contribution < -0.4 is 10.6 Å². The first-order chi connectivity index (χ1) is 12.1. The van der Waals surface area contributed by atoms with Crippen molar-refractivity contribution in [3.63, 3.8) is 0 Å². The van der Waals surface area contributed by atoms with E-state index >= 15 is 0 Å². The van der Waals surface area contributed by atoms with Crippen LogP contribution in [-0.4, -0.2) is 57.4 Å². The molecule has 0 spiro atoms. The molecule has 1 atom stereocenters. The maximum absolute atomic E-state index is 12.9. The largest absolute Gasteiger partial charge is 0.364 e. The second-order valence-electron chi connectivity index (χ2n) is 6.53. The topological polar surface area (TPSA) is 97.4 Å². The Morgan fingerprint density at radius 3 is 2.60 bits per heavy atom. The van der Waals surface area contributed by atoms with E-state index in [1.807, 2.05) is 35.2 Å².